The predicted octanol–water partition coefficient (Wildman–Crippen LogP) is 4.94. The van der Waals surface area contributed by atoms with Crippen molar-refractivity contribution in [1.29, 1.82) is 0 Å². The Kier molecular flexibility index (Phi) is 7.05. The number of nitrogens with one attached hydrogen (secondary N) is 2. The van der Waals surface area contributed by atoms with E-state index >= 15 is 0 Å². The summed E-state index contributed by atoms with van der Waals surface area (Å²) in [5, 5.41) is 17.1. The van der Waals surface area contributed by atoms with Crippen LogP contribution in [0, 0.1) is 6.92 Å². The molecule has 3 rings (SSSR count). The molecule has 10 heteroatoms. The Labute approximate surface area is 190 Å². The zero-order valence-corrected chi connectivity index (χ0v) is 19.9. The Morgan fingerprint density at radius 2 is 1.91 bits per heavy atom. The third-order valence-corrected chi connectivity index (χ3v) is 5.77. The molecule has 1 aromatic carbocycles. The summed E-state index contributed by atoms with van der Waals surface area (Å²) < 4.78 is 25.9. The van der Waals surface area contributed by atoms with E-state index in [-0.39, 0.29) is 46.5 Å². The van der Waals surface area contributed by atoms with Gasteiger partial charge < -0.3 is 29.6 Å². The maximum Gasteiger partial charge on any atom is 0.257 e. The quantitative estimate of drug-likeness (QED) is 0.319. The number of aromatic nitrogens is 2. The number of hydrogen-bond donors (Lipinski definition) is 3. The molecule has 0 fully saturated rings. The molecule has 0 radical (unpaired) electrons. The summed E-state index contributed by atoms with van der Waals surface area (Å²) >= 11 is -1.80. The third kappa shape index (κ3) is 4.86. The molecule has 2 aromatic heterocycles. The minimum atomic E-state index is -1.80. The number of aryl methyl sites for hydroxylation is 1. The SMILES string of the molecule is CC[C@@H](Nc1n[s+]([O-])nc1Nc1ccc(C(C)C)c(C(=O)N(C)C)c1O)c1ccc(C)o1. The Hall–Kier alpha value is -3.11. The van der Waals surface area contributed by atoms with Crippen LogP contribution in [0.1, 0.15) is 66.6 Å². The number of phenols is 1. The summed E-state index contributed by atoms with van der Waals surface area (Å²) in [5.74, 6) is 1.55. The number of carbonyl (C=O) groups is 1. The van der Waals surface area contributed by atoms with Gasteiger partial charge in [-0.25, -0.2) is 0 Å². The van der Waals surface area contributed by atoms with E-state index < -0.39 is 11.1 Å². The van der Waals surface area contributed by atoms with E-state index in [4.69, 9.17) is 4.42 Å². The van der Waals surface area contributed by atoms with Crippen molar-refractivity contribution >= 4 is 34.4 Å². The van der Waals surface area contributed by atoms with E-state index in [0.717, 1.165) is 17.1 Å². The number of anilines is 3. The van der Waals surface area contributed by atoms with E-state index in [1.807, 2.05) is 39.8 Å². The number of rotatable bonds is 8. The smallest absolute Gasteiger partial charge is 0.257 e. The van der Waals surface area contributed by atoms with Gasteiger partial charge in [-0.2, -0.15) is 0 Å². The van der Waals surface area contributed by atoms with Crippen LogP contribution in [0.2, 0.25) is 0 Å². The van der Waals surface area contributed by atoms with E-state index in [1.54, 1.807) is 26.2 Å². The molecule has 3 N–H and O–H groups in total. The topological polar surface area (TPSA) is 127 Å². The highest BCUT2D eigenvalue weighted by atomic mass is 32.2. The lowest BCUT2D eigenvalue weighted by Gasteiger charge is -2.20. The fourth-order valence-corrected chi connectivity index (χ4v) is 4.01. The molecule has 0 aliphatic rings. The second-order valence-corrected chi connectivity index (χ2v) is 8.90. The van der Waals surface area contributed by atoms with Crippen molar-refractivity contribution in [3.63, 3.8) is 0 Å². The highest BCUT2D eigenvalue weighted by Crippen LogP contribution is 2.38. The van der Waals surface area contributed by atoms with Crippen LogP contribution in [0.5, 0.6) is 5.75 Å². The maximum absolute atomic E-state index is 12.8. The first-order chi connectivity index (χ1) is 15.1. The van der Waals surface area contributed by atoms with Gasteiger partial charge in [-0.05, 0) is 43.0 Å². The van der Waals surface area contributed by atoms with Crippen molar-refractivity contribution < 1.29 is 18.9 Å². The second-order valence-electron chi connectivity index (χ2n) is 8.07. The lowest BCUT2D eigenvalue weighted by Crippen LogP contribution is -2.23. The summed E-state index contributed by atoms with van der Waals surface area (Å²) in [7, 11) is 3.26. The molecule has 0 aliphatic heterocycles. The molecule has 3 aromatic rings. The highest BCUT2D eigenvalue weighted by Gasteiger charge is 2.26. The van der Waals surface area contributed by atoms with Gasteiger partial charge in [-0.1, -0.05) is 26.8 Å². The van der Waals surface area contributed by atoms with Crippen LogP contribution in [-0.4, -0.2) is 43.3 Å². The van der Waals surface area contributed by atoms with E-state index in [9.17, 15) is 14.5 Å². The fraction of sp³-hybridized carbons (Fsp3) is 0.409. The number of aromatic hydroxyl groups is 1. The van der Waals surface area contributed by atoms with Crippen LogP contribution in [0.3, 0.4) is 0 Å². The van der Waals surface area contributed by atoms with Crippen molar-refractivity contribution in [3.05, 3.63) is 46.9 Å². The molecule has 0 saturated carbocycles. The number of amides is 1. The van der Waals surface area contributed by atoms with Gasteiger partial charge in [0.1, 0.15) is 11.5 Å². The number of benzene rings is 1. The van der Waals surface area contributed by atoms with Gasteiger partial charge in [0.2, 0.25) is 11.6 Å². The van der Waals surface area contributed by atoms with Gasteiger partial charge in [-0.15, -0.1) is 0 Å². The average molecular weight is 460 g/mol. The van der Waals surface area contributed by atoms with Gasteiger partial charge in [-0.3, -0.25) is 4.79 Å². The third-order valence-electron chi connectivity index (χ3n) is 5.09. The molecular weight excluding hydrogens is 430 g/mol. The first-order valence-corrected chi connectivity index (χ1v) is 11.5. The van der Waals surface area contributed by atoms with Gasteiger partial charge in [0, 0.05) is 22.8 Å². The number of nitrogens with zero attached hydrogens (tertiary/aromatic N) is 3. The van der Waals surface area contributed by atoms with Crippen LogP contribution >= 0.6 is 11.1 Å². The maximum atomic E-state index is 12.8. The molecule has 32 heavy (non-hydrogen) atoms. The summed E-state index contributed by atoms with van der Waals surface area (Å²) in [6.07, 6.45) is 0.696. The minimum Gasteiger partial charge on any atom is -0.546 e. The number of phenolic OH excluding ortho intramolecular Hbond substituents is 1. The van der Waals surface area contributed by atoms with E-state index in [0.29, 0.717) is 6.42 Å². The van der Waals surface area contributed by atoms with Gasteiger partial charge in [0.05, 0.1) is 17.3 Å². The molecule has 0 aliphatic carbocycles. The van der Waals surface area contributed by atoms with E-state index in [2.05, 4.69) is 19.4 Å². The Balaban J connectivity index is 1.96. The molecule has 1 unspecified atom stereocenters. The number of carbonyl (C=O) groups excluding carboxylic acids is 1. The van der Waals surface area contributed by atoms with E-state index in [1.165, 1.54) is 4.90 Å². The summed E-state index contributed by atoms with van der Waals surface area (Å²) in [6, 6.07) is 7.02. The van der Waals surface area contributed by atoms with Gasteiger partial charge >= 0.3 is 0 Å². The minimum absolute atomic E-state index is 0.0334. The summed E-state index contributed by atoms with van der Waals surface area (Å²) in [4.78, 5) is 14.2. The number of furan rings is 1. The molecular formula is C22H29N5O4S. The molecule has 0 spiro atoms. The van der Waals surface area contributed by atoms with Crippen LogP contribution in [0.4, 0.5) is 17.3 Å². The monoisotopic (exact) mass is 459 g/mol. The molecule has 172 valence electrons. The van der Waals surface area contributed by atoms with Gasteiger partial charge in [0.15, 0.2) is 16.9 Å². The van der Waals surface area contributed by atoms with Crippen molar-refractivity contribution in [2.75, 3.05) is 24.7 Å². The molecule has 2 atom stereocenters. The molecule has 1 amide bonds. The molecule has 0 saturated heterocycles. The van der Waals surface area contributed by atoms with Crippen LogP contribution in [0.15, 0.2) is 28.7 Å². The Morgan fingerprint density at radius 1 is 1.22 bits per heavy atom. The zero-order valence-electron chi connectivity index (χ0n) is 19.1. The summed E-state index contributed by atoms with van der Waals surface area (Å²) in [5.41, 5.74) is 1.22. The first-order valence-electron chi connectivity index (χ1n) is 10.4. The zero-order chi connectivity index (χ0) is 23.6. The average Bonchev–Trinajstić information content (AvgIpc) is 3.31. The predicted molar refractivity (Wildman–Crippen MR) is 124 cm³/mol. The Morgan fingerprint density at radius 3 is 2.47 bits per heavy atom. The molecule has 0 bridgehead atoms. The number of hydrogen-bond acceptors (Lipinski definition) is 8. The van der Waals surface area contributed by atoms with Crippen molar-refractivity contribution in [1.82, 2.24) is 13.6 Å². The second kappa shape index (κ2) is 9.58. The first kappa shape index (κ1) is 23.6. The van der Waals surface area contributed by atoms with Crippen molar-refractivity contribution in [3.8, 4) is 5.75 Å². The fourth-order valence-electron chi connectivity index (χ4n) is 3.38. The van der Waals surface area contributed by atoms with Crippen LogP contribution in [-0.2, 0) is 0 Å². The lowest BCUT2D eigenvalue weighted by atomic mass is 9.94. The van der Waals surface area contributed by atoms with Crippen LogP contribution in [0.25, 0.3) is 0 Å². The normalized spacial score (nSPS) is 12.7. The Bertz CT molecular complexity index is 1110. The van der Waals surface area contributed by atoms with Gasteiger partial charge in [0.25, 0.3) is 5.91 Å². The molecule has 9 nitrogen and oxygen atoms in total. The largest absolute Gasteiger partial charge is 0.546 e. The molecule has 2 heterocycles. The summed E-state index contributed by atoms with van der Waals surface area (Å²) in [6.45, 7) is 7.76. The highest BCUT2D eigenvalue weighted by molar-refractivity contribution is 7.14. The lowest BCUT2D eigenvalue weighted by molar-refractivity contribution is 0.0823. The van der Waals surface area contributed by atoms with Crippen molar-refractivity contribution in [2.45, 2.75) is 46.1 Å². The standard InChI is InChI=1S/C22H29N5O4S/c1-7-15(17-11-8-13(4)31-17)23-20-21(26-32(30)25-20)24-16-10-9-14(12(2)3)18(19(16)28)22(29)27(5)6/h8-12,15,28H,7H2,1-6H3,(H,23,25)(H,24,26)/t15-,32?/m1/s1. The van der Waals surface area contributed by atoms with Crippen molar-refractivity contribution in [2.24, 2.45) is 0 Å². The van der Waals surface area contributed by atoms with Crippen LogP contribution < -0.4 is 10.6 Å².